The Balaban J connectivity index is 2.24. The molecular weight excluding hydrogens is 298 g/mol. The molecule has 5 nitrogen and oxygen atoms in total. The van der Waals surface area contributed by atoms with Gasteiger partial charge in [0.25, 0.3) is 0 Å². The molecule has 20 heavy (non-hydrogen) atoms. The largest absolute Gasteiger partial charge is 0.313 e. The van der Waals surface area contributed by atoms with Gasteiger partial charge in [0.05, 0.1) is 16.7 Å². The van der Waals surface area contributed by atoms with Gasteiger partial charge in [-0.15, -0.1) is 0 Å². The van der Waals surface area contributed by atoms with Gasteiger partial charge in [-0.1, -0.05) is 11.6 Å². The van der Waals surface area contributed by atoms with Crippen molar-refractivity contribution in [2.24, 2.45) is 0 Å². The van der Waals surface area contributed by atoms with Crippen molar-refractivity contribution in [1.82, 2.24) is 10.0 Å². The SMILES string of the molecule is CC1NCCCC1NS(=O)(=O)c1ccc(C#N)cc1Cl. The zero-order chi connectivity index (χ0) is 14.8. The summed E-state index contributed by atoms with van der Waals surface area (Å²) in [6, 6.07) is 6.02. The first-order chi connectivity index (χ1) is 9.44. The Morgan fingerprint density at radius 2 is 2.25 bits per heavy atom. The molecule has 0 radical (unpaired) electrons. The predicted octanol–water partition coefficient (Wildman–Crippen LogP) is 1.63. The molecule has 1 aliphatic rings. The van der Waals surface area contributed by atoms with Crippen LogP contribution in [0.25, 0.3) is 0 Å². The van der Waals surface area contributed by atoms with Gasteiger partial charge in [-0.3, -0.25) is 0 Å². The smallest absolute Gasteiger partial charge is 0.242 e. The highest BCUT2D eigenvalue weighted by atomic mass is 35.5. The average molecular weight is 314 g/mol. The first-order valence-electron chi connectivity index (χ1n) is 6.39. The van der Waals surface area contributed by atoms with Gasteiger partial charge in [-0.05, 0) is 44.5 Å². The lowest BCUT2D eigenvalue weighted by atomic mass is 10.0. The van der Waals surface area contributed by atoms with Gasteiger partial charge in [-0.2, -0.15) is 5.26 Å². The molecule has 0 spiro atoms. The zero-order valence-corrected chi connectivity index (χ0v) is 12.6. The molecular formula is C13H16ClN3O2S. The fraction of sp³-hybridized carbons (Fsp3) is 0.462. The topological polar surface area (TPSA) is 82.0 Å². The van der Waals surface area contributed by atoms with E-state index in [2.05, 4.69) is 10.0 Å². The van der Waals surface area contributed by atoms with Crippen molar-refractivity contribution in [2.45, 2.75) is 36.7 Å². The highest BCUT2D eigenvalue weighted by molar-refractivity contribution is 7.89. The molecule has 1 aliphatic heterocycles. The van der Waals surface area contributed by atoms with Crippen LogP contribution in [-0.4, -0.2) is 27.0 Å². The quantitative estimate of drug-likeness (QED) is 0.888. The summed E-state index contributed by atoms with van der Waals surface area (Å²) < 4.78 is 27.4. The highest BCUT2D eigenvalue weighted by Gasteiger charge is 2.27. The third kappa shape index (κ3) is 3.30. The van der Waals surface area contributed by atoms with Crippen LogP contribution in [0.5, 0.6) is 0 Å². The van der Waals surface area contributed by atoms with Gasteiger partial charge in [0.15, 0.2) is 0 Å². The minimum absolute atomic E-state index is 0.0101. The lowest BCUT2D eigenvalue weighted by Crippen LogP contribution is -2.51. The molecule has 1 heterocycles. The van der Waals surface area contributed by atoms with Gasteiger partial charge >= 0.3 is 0 Å². The monoisotopic (exact) mass is 313 g/mol. The van der Waals surface area contributed by atoms with E-state index in [0.717, 1.165) is 19.4 Å². The summed E-state index contributed by atoms with van der Waals surface area (Å²) in [7, 11) is -3.68. The van der Waals surface area contributed by atoms with E-state index in [1.807, 2.05) is 13.0 Å². The van der Waals surface area contributed by atoms with Crippen molar-refractivity contribution >= 4 is 21.6 Å². The van der Waals surface area contributed by atoms with Crippen LogP contribution in [0.2, 0.25) is 5.02 Å². The molecule has 0 aromatic heterocycles. The average Bonchev–Trinajstić information content (AvgIpc) is 2.40. The molecule has 2 rings (SSSR count). The van der Waals surface area contributed by atoms with Gasteiger partial charge < -0.3 is 5.32 Å². The van der Waals surface area contributed by atoms with Crippen LogP contribution in [0.3, 0.4) is 0 Å². The van der Waals surface area contributed by atoms with Crippen molar-refractivity contribution in [3.8, 4) is 6.07 Å². The number of hydrogen-bond acceptors (Lipinski definition) is 4. The normalized spacial score (nSPS) is 23.2. The molecule has 1 aromatic carbocycles. The number of nitrogens with one attached hydrogen (secondary N) is 2. The molecule has 1 fully saturated rings. The molecule has 0 amide bonds. The van der Waals surface area contributed by atoms with E-state index < -0.39 is 10.0 Å². The van der Waals surface area contributed by atoms with E-state index in [0.29, 0.717) is 5.56 Å². The number of sulfonamides is 1. The van der Waals surface area contributed by atoms with E-state index in [9.17, 15) is 8.42 Å². The molecule has 0 bridgehead atoms. The van der Waals surface area contributed by atoms with Gasteiger partial charge in [-0.25, -0.2) is 13.1 Å². The van der Waals surface area contributed by atoms with E-state index in [-0.39, 0.29) is 22.0 Å². The summed E-state index contributed by atoms with van der Waals surface area (Å²) in [4.78, 5) is 0.0101. The van der Waals surface area contributed by atoms with Gasteiger partial charge in [0.2, 0.25) is 10.0 Å². The number of benzene rings is 1. The van der Waals surface area contributed by atoms with Gasteiger partial charge in [0, 0.05) is 12.1 Å². The van der Waals surface area contributed by atoms with Crippen LogP contribution in [0.4, 0.5) is 0 Å². The Morgan fingerprint density at radius 3 is 2.85 bits per heavy atom. The number of halogens is 1. The molecule has 7 heteroatoms. The second kappa shape index (κ2) is 6.10. The maximum atomic E-state index is 12.4. The molecule has 1 aromatic rings. The molecule has 2 N–H and O–H groups in total. The number of piperidine rings is 1. The Bertz CT molecular complexity index is 640. The molecule has 2 atom stereocenters. The molecule has 0 aliphatic carbocycles. The van der Waals surface area contributed by atoms with Crippen molar-refractivity contribution in [3.63, 3.8) is 0 Å². The summed E-state index contributed by atoms with van der Waals surface area (Å²) >= 11 is 5.96. The fourth-order valence-electron chi connectivity index (χ4n) is 2.26. The third-order valence-corrected chi connectivity index (χ3v) is 5.39. The second-order valence-corrected chi connectivity index (χ2v) is 6.96. The third-order valence-electron chi connectivity index (χ3n) is 3.42. The summed E-state index contributed by atoms with van der Waals surface area (Å²) in [6.45, 7) is 2.85. The Kier molecular flexibility index (Phi) is 4.66. The van der Waals surface area contributed by atoms with Crippen LogP contribution >= 0.6 is 11.6 Å². The maximum absolute atomic E-state index is 12.4. The van der Waals surface area contributed by atoms with E-state index in [4.69, 9.17) is 16.9 Å². The predicted molar refractivity (Wildman–Crippen MR) is 77.0 cm³/mol. The summed E-state index contributed by atoms with van der Waals surface area (Å²) in [5.41, 5.74) is 0.335. The van der Waals surface area contributed by atoms with Crippen LogP contribution in [0.1, 0.15) is 25.3 Å². The second-order valence-electron chi connectivity index (χ2n) is 4.87. The molecule has 0 saturated carbocycles. The fourth-order valence-corrected chi connectivity index (χ4v) is 4.15. The van der Waals surface area contributed by atoms with Crippen LogP contribution in [0.15, 0.2) is 23.1 Å². The van der Waals surface area contributed by atoms with E-state index >= 15 is 0 Å². The summed E-state index contributed by atoms with van der Waals surface area (Å²) in [6.07, 6.45) is 1.72. The van der Waals surface area contributed by atoms with Crippen LogP contribution in [-0.2, 0) is 10.0 Å². The molecule has 1 saturated heterocycles. The highest BCUT2D eigenvalue weighted by Crippen LogP contribution is 2.23. The van der Waals surface area contributed by atoms with E-state index in [1.165, 1.54) is 18.2 Å². The first kappa shape index (κ1) is 15.3. The van der Waals surface area contributed by atoms with Crippen LogP contribution < -0.4 is 10.0 Å². The van der Waals surface area contributed by atoms with Crippen molar-refractivity contribution in [3.05, 3.63) is 28.8 Å². The summed E-state index contributed by atoms with van der Waals surface area (Å²) in [5.74, 6) is 0. The Labute approximate surface area is 124 Å². The number of nitriles is 1. The minimum atomic E-state index is -3.68. The lowest BCUT2D eigenvalue weighted by Gasteiger charge is -2.30. The van der Waals surface area contributed by atoms with Crippen LogP contribution in [0, 0.1) is 11.3 Å². The van der Waals surface area contributed by atoms with Crippen molar-refractivity contribution in [2.75, 3.05) is 6.54 Å². The standard InChI is InChI=1S/C13H16ClN3O2S/c1-9-12(3-2-6-16-9)17-20(18,19)13-5-4-10(8-15)7-11(13)14/h4-5,7,9,12,16-17H,2-3,6H2,1H3. The Hall–Kier alpha value is -1.13. The molecule has 108 valence electrons. The van der Waals surface area contributed by atoms with E-state index in [1.54, 1.807) is 0 Å². The Morgan fingerprint density at radius 1 is 1.50 bits per heavy atom. The summed E-state index contributed by atoms with van der Waals surface area (Å²) in [5, 5.41) is 12.1. The number of nitrogens with zero attached hydrogens (tertiary/aromatic N) is 1. The minimum Gasteiger partial charge on any atom is -0.313 e. The first-order valence-corrected chi connectivity index (χ1v) is 8.25. The number of hydrogen-bond donors (Lipinski definition) is 2. The van der Waals surface area contributed by atoms with Gasteiger partial charge in [0.1, 0.15) is 4.90 Å². The lowest BCUT2D eigenvalue weighted by molar-refractivity contribution is 0.349. The number of rotatable bonds is 3. The van der Waals surface area contributed by atoms with Crippen molar-refractivity contribution in [1.29, 1.82) is 5.26 Å². The maximum Gasteiger partial charge on any atom is 0.242 e. The van der Waals surface area contributed by atoms with Crippen molar-refractivity contribution < 1.29 is 8.42 Å². The zero-order valence-electron chi connectivity index (χ0n) is 11.1. The molecule has 2 unspecified atom stereocenters.